The maximum atomic E-state index is 11.8. The van der Waals surface area contributed by atoms with Gasteiger partial charge in [0.1, 0.15) is 0 Å². The largest absolute Gasteiger partial charge is 0.633 e. The number of nitrogens with zero attached hydrogens (tertiary/aromatic N) is 2. The minimum absolute atomic E-state index is 0.243. The normalized spacial score (nSPS) is 15.0. The van der Waals surface area contributed by atoms with Crippen LogP contribution in [-0.4, -0.2) is 50.8 Å². The van der Waals surface area contributed by atoms with Gasteiger partial charge in [-0.25, -0.2) is 0 Å². The van der Waals surface area contributed by atoms with Crippen LogP contribution in [0.25, 0.3) is 5.57 Å². The van der Waals surface area contributed by atoms with Crippen molar-refractivity contribution >= 4 is 5.57 Å². The van der Waals surface area contributed by atoms with Crippen molar-refractivity contribution in [1.82, 2.24) is 4.90 Å². The van der Waals surface area contributed by atoms with Gasteiger partial charge < -0.3 is 14.8 Å². The fourth-order valence-corrected chi connectivity index (χ4v) is 7.15. The van der Waals surface area contributed by atoms with Crippen molar-refractivity contribution in [3.05, 3.63) is 153 Å². The van der Waals surface area contributed by atoms with Gasteiger partial charge in [0.25, 0.3) is 0 Å². The second-order valence-corrected chi connectivity index (χ2v) is 13.6. The van der Waals surface area contributed by atoms with Crippen LogP contribution in [0.3, 0.4) is 0 Å². The smallest absolute Gasteiger partial charge is 0.0815 e. The van der Waals surface area contributed by atoms with Crippen LogP contribution in [0.2, 0.25) is 0 Å². The van der Waals surface area contributed by atoms with E-state index < -0.39 is 0 Å². The van der Waals surface area contributed by atoms with Crippen molar-refractivity contribution in [1.29, 1.82) is 0 Å². The lowest BCUT2D eigenvalue weighted by Gasteiger charge is -2.33. The first-order chi connectivity index (χ1) is 21.2. The van der Waals surface area contributed by atoms with E-state index in [0.717, 1.165) is 25.8 Å². The lowest BCUT2D eigenvalue weighted by molar-refractivity contribution is -0.839. The monoisotopic (exact) mass is 586 g/mol. The van der Waals surface area contributed by atoms with Crippen molar-refractivity contribution in [3.63, 3.8) is 0 Å². The molecule has 3 nitrogen and oxygen atoms in total. The molecule has 0 radical (unpaired) electrons. The lowest BCUT2D eigenvalue weighted by Crippen LogP contribution is -2.32. The molecule has 2 aliphatic carbocycles. The Bertz CT molecular complexity index is 1460. The van der Waals surface area contributed by atoms with E-state index in [2.05, 4.69) is 129 Å². The molecule has 0 saturated carbocycles. The van der Waals surface area contributed by atoms with E-state index in [4.69, 9.17) is 0 Å². The summed E-state index contributed by atoms with van der Waals surface area (Å²) in [5.74, 6) is 1.24. The predicted octanol–water partition coefficient (Wildman–Crippen LogP) is 8.69. The molecular formula is C41H50N2O. The molecule has 0 amide bonds. The van der Waals surface area contributed by atoms with E-state index in [0.29, 0.717) is 18.4 Å². The lowest BCUT2D eigenvalue weighted by atomic mass is 9.82. The molecule has 0 saturated heterocycles. The van der Waals surface area contributed by atoms with E-state index in [1.807, 2.05) is 0 Å². The van der Waals surface area contributed by atoms with E-state index in [9.17, 15) is 5.21 Å². The van der Waals surface area contributed by atoms with Crippen LogP contribution in [-0.2, 0) is 25.7 Å². The van der Waals surface area contributed by atoms with Crippen LogP contribution in [0, 0.1) is 11.1 Å². The summed E-state index contributed by atoms with van der Waals surface area (Å²) >= 11 is 0. The number of rotatable bonds is 7. The third-order valence-corrected chi connectivity index (χ3v) is 9.13. The molecule has 230 valence electrons. The Labute approximate surface area is 266 Å². The van der Waals surface area contributed by atoms with Gasteiger partial charge in [-0.15, -0.1) is 0 Å². The number of hydroxylamine groups is 3. The first kappa shape index (κ1) is 31.9. The highest BCUT2D eigenvalue weighted by Crippen LogP contribution is 2.38. The number of hydrogen-bond donors (Lipinski definition) is 0. The number of hydrogen-bond acceptors (Lipinski definition) is 2. The van der Waals surface area contributed by atoms with Gasteiger partial charge in [0.2, 0.25) is 0 Å². The molecule has 4 aromatic carbocycles. The van der Waals surface area contributed by atoms with Crippen molar-refractivity contribution in [3.8, 4) is 0 Å². The molecule has 4 aromatic rings. The van der Waals surface area contributed by atoms with Gasteiger partial charge in [-0.05, 0) is 102 Å². The standard InChI is InChI=1S/C21H27N.C20H23NO/c1-16(15-22(2)3)14-21-19-10-6-4-8-17(19)12-13-18-9-5-7-11-20(18)21;1-21(2,22)15-7-12-20-18-10-5-3-8-16(18)13-14-17-9-4-6-11-19(17)20/h4-11,16,21H,12-15H2,1-3H3;3-6,8-12H,7,13-15H2,1-2H3. The van der Waals surface area contributed by atoms with Gasteiger partial charge in [0.05, 0.1) is 20.6 Å². The molecule has 1 unspecified atom stereocenters. The molecule has 1 atom stereocenters. The van der Waals surface area contributed by atoms with Crippen LogP contribution in [0.1, 0.15) is 70.2 Å². The second kappa shape index (κ2) is 14.5. The fourth-order valence-electron chi connectivity index (χ4n) is 7.15. The molecular weight excluding hydrogens is 536 g/mol. The minimum Gasteiger partial charge on any atom is -0.633 e. The average Bonchev–Trinajstić information content (AvgIpc) is 3.26. The molecule has 2 aliphatic rings. The summed E-state index contributed by atoms with van der Waals surface area (Å²) in [5.41, 5.74) is 12.9. The summed E-state index contributed by atoms with van der Waals surface area (Å²) in [4.78, 5) is 2.30. The van der Waals surface area contributed by atoms with Crippen LogP contribution in [0.15, 0.2) is 103 Å². The molecule has 0 fully saturated rings. The average molecular weight is 587 g/mol. The van der Waals surface area contributed by atoms with Gasteiger partial charge in [-0.2, -0.15) is 0 Å². The minimum atomic E-state index is -0.243. The predicted molar refractivity (Wildman–Crippen MR) is 187 cm³/mol. The third-order valence-electron chi connectivity index (χ3n) is 9.13. The highest BCUT2D eigenvalue weighted by Gasteiger charge is 2.25. The Morgan fingerprint density at radius 1 is 0.705 bits per heavy atom. The zero-order chi connectivity index (χ0) is 31.1. The summed E-state index contributed by atoms with van der Waals surface area (Å²) in [6, 6.07) is 35.4. The third kappa shape index (κ3) is 8.15. The molecule has 0 bridgehead atoms. The fraction of sp³-hybridized carbons (Fsp3) is 0.366. The second-order valence-electron chi connectivity index (χ2n) is 13.6. The van der Waals surface area contributed by atoms with Crippen LogP contribution in [0.5, 0.6) is 0 Å². The van der Waals surface area contributed by atoms with Gasteiger partial charge in [0.15, 0.2) is 0 Å². The Balaban J connectivity index is 0.000000175. The first-order valence-electron chi connectivity index (χ1n) is 16.4. The van der Waals surface area contributed by atoms with Crippen LogP contribution in [0.4, 0.5) is 0 Å². The van der Waals surface area contributed by atoms with E-state index in [-0.39, 0.29) is 4.65 Å². The molecule has 0 aliphatic heterocycles. The van der Waals surface area contributed by atoms with Gasteiger partial charge in [0, 0.05) is 18.9 Å². The summed E-state index contributed by atoms with van der Waals surface area (Å²) in [7, 11) is 7.75. The quantitative estimate of drug-likeness (QED) is 0.160. The molecule has 0 spiro atoms. The van der Waals surface area contributed by atoms with Crippen molar-refractivity contribution in [2.24, 2.45) is 5.92 Å². The van der Waals surface area contributed by atoms with Crippen molar-refractivity contribution in [2.45, 2.75) is 51.4 Å². The molecule has 0 heterocycles. The Hall–Kier alpha value is -3.50. The number of quaternary nitrogens is 1. The maximum absolute atomic E-state index is 11.8. The first-order valence-corrected chi connectivity index (χ1v) is 16.4. The summed E-state index contributed by atoms with van der Waals surface area (Å²) < 4.78 is -0.243. The van der Waals surface area contributed by atoms with Crippen molar-refractivity contribution < 1.29 is 4.65 Å². The van der Waals surface area contributed by atoms with E-state index in [1.165, 1.54) is 47.1 Å². The number of benzene rings is 4. The zero-order valence-electron chi connectivity index (χ0n) is 27.4. The van der Waals surface area contributed by atoms with Crippen LogP contribution >= 0.6 is 0 Å². The topological polar surface area (TPSA) is 26.3 Å². The summed E-state index contributed by atoms with van der Waals surface area (Å²) in [6.07, 6.45) is 8.78. The Kier molecular flexibility index (Phi) is 10.5. The molecule has 3 heteroatoms. The molecule has 0 N–H and O–H groups in total. The van der Waals surface area contributed by atoms with Gasteiger partial charge in [-0.1, -0.05) is 110 Å². The molecule has 44 heavy (non-hydrogen) atoms. The molecule has 6 rings (SSSR count). The highest BCUT2D eigenvalue weighted by atomic mass is 16.5. The Morgan fingerprint density at radius 2 is 1.14 bits per heavy atom. The van der Waals surface area contributed by atoms with Crippen LogP contribution < -0.4 is 0 Å². The maximum Gasteiger partial charge on any atom is 0.0815 e. The highest BCUT2D eigenvalue weighted by molar-refractivity contribution is 5.83. The van der Waals surface area contributed by atoms with E-state index >= 15 is 0 Å². The van der Waals surface area contributed by atoms with E-state index in [1.54, 1.807) is 36.3 Å². The zero-order valence-corrected chi connectivity index (χ0v) is 27.4. The van der Waals surface area contributed by atoms with Gasteiger partial charge in [-0.3, -0.25) is 0 Å². The number of aryl methyl sites for hydroxylation is 4. The Morgan fingerprint density at radius 3 is 1.61 bits per heavy atom. The van der Waals surface area contributed by atoms with Gasteiger partial charge >= 0.3 is 0 Å². The van der Waals surface area contributed by atoms with Crippen molar-refractivity contribution in [2.75, 3.05) is 41.3 Å². The number of fused-ring (bicyclic) bond motifs is 4. The SMILES string of the molecule is CC(CC1c2ccccc2CCc2ccccc21)CN(C)C.C[N+](C)([O-])CCC=C1c2ccccc2CCc2ccccc21. The summed E-state index contributed by atoms with van der Waals surface area (Å²) in [6.45, 7) is 4.14. The summed E-state index contributed by atoms with van der Waals surface area (Å²) in [5, 5.41) is 11.8. The molecule has 0 aromatic heterocycles.